The molecule has 0 spiro atoms. The van der Waals surface area contributed by atoms with Gasteiger partial charge in [0.1, 0.15) is 0 Å². The van der Waals surface area contributed by atoms with E-state index < -0.39 is 0 Å². The Morgan fingerprint density at radius 3 is 1.83 bits per heavy atom. The molecule has 0 atom stereocenters. The summed E-state index contributed by atoms with van der Waals surface area (Å²) in [5.41, 5.74) is 10.8. The molecule has 0 fully saturated rings. The first-order valence-electron chi connectivity index (χ1n) is 13.1. The summed E-state index contributed by atoms with van der Waals surface area (Å²) >= 11 is 1.36. The number of rotatable bonds is 3. The van der Waals surface area contributed by atoms with Gasteiger partial charge in [-0.15, -0.1) is 87.8 Å². The first kappa shape index (κ1) is 39.8. The van der Waals surface area contributed by atoms with Crippen LogP contribution in [0.15, 0.2) is 109 Å². The van der Waals surface area contributed by atoms with E-state index in [9.17, 15) is 0 Å². The van der Waals surface area contributed by atoms with Crippen molar-refractivity contribution in [1.82, 2.24) is 0 Å². The quantitative estimate of drug-likeness (QED) is 0.128. The topological polar surface area (TPSA) is 0 Å². The van der Waals surface area contributed by atoms with E-state index in [1.807, 2.05) is 0 Å². The van der Waals surface area contributed by atoms with Gasteiger partial charge in [-0.1, -0.05) is 104 Å². The van der Waals surface area contributed by atoms with Crippen LogP contribution in [0.2, 0.25) is 0 Å². The zero-order valence-electron chi connectivity index (χ0n) is 25.8. The van der Waals surface area contributed by atoms with E-state index in [0.717, 1.165) is 0 Å². The van der Waals surface area contributed by atoms with E-state index in [2.05, 4.69) is 151 Å². The SMILES string of the molecule is CC(C)c1cc2c(-c3ccccc3)cccc2[cH-]1.Cc1cc(-c2ccccc2C)c2cc(C)[cH-]c2c1.Cl.Cl.[CH3-].[CH3-].[Si]=[Zr]. The number of halogens is 2. The monoisotopic (exact) mass is 686 g/mol. The van der Waals surface area contributed by atoms with Gasteiger partial charge in [0.2, 0.25) is 0 Å². The van der Waals surface area contributed by atoms with Crippen molar-refractivity contribution in [1.29, 1.82) is 0 Å². The molecule has 0 bridgehead atoms. The molecular weight excluding hydrogens is 647 g/mol. The molecule has 0 aromatic heterocycles. The molecule has 6 aromatic carbocycles. The summed E-state index contributed by atoms with van der Waals surface area (Å²) in [5, 5.41) is 5.44. The number of hydrogen-bond donors (Lipinski definition) is 0. The Bertz CT molecular complexity index is 1660. The molecular formula is C38H42Cl2SiZr-4. The third kappa shape index (κ3) is 9.14. The van der Waals surface area contributed by atoms with E-state index in [-0.39, 0.29) is 39.7 Å². The zero-order valence-corrected chi connectivity index (χ0v) is 30.9. The Labute approximate surface area is 283 Å². The Morgan fingerprint density at radius 1 is 0.595 bits per heavy atom. The molecule has 0 heterocycles. The first-order chi connectivity index (χ1) is 18.4. The molecule has 42 heavy (non-hydrogen) atoms. The van der Waals surface area contributed by atoms with Crippen LogP contribution < -0.4 is 0 Å². The summed E-state index contributed by atoms with van der Waals surface area (Å²) in [6.45, 7) is 14.1. The van der Waals surface area contributed by atoms with E-state index in [1.165, 1.54) is 89.4 Å². The minimum absolute atomic E-state index is 0. The first-order valence-corrected chi connectivity index (χ1v) is 17.3. The summed E-state index contributed by atoms with van der Waals surface area (Å²) in [4.78, 5) is 0. The fraction of sp³-hybridized carbons (Fsp3) is 0.158. The van der Waals surface area contributed by atoms with E-state index in [1.54, 1.807) is 0 Å². The Balaban J connectivity index is 0.000000694. The normalized spacial score (nSPS) is 9.64. The summed E-state index contributed by atoms with van der Waals surface area (Å²) < 4.78 is 0. The van der Waals surface area contributed by atoms with Gasteiger partial charge in [-0.3, -0.25) is 0 Å². The van der Waals surface area contributed by atoms with Crippen LogP contribution in [0, 0.1) is 35.6 Å². The zero-order chi connectivity index (χ0) is 27.2. The molecule has 0 aliphatic rings. The molecule has 2 radical (unpaired) electrons. The van der Waals surface area contributed by atoms with Gasteiger partial charge in [-0.2, -0.15) is 12.1 Å². The second-order valence-corrected chi connectivity index (χ2v) is 10.3. The van der Waals surface area contributed by atoms with Crippen molar-refractivity contribution in [3.8, 4) is 22.3 Å². The van der Waals surface area contributed by atoms with Crippen molar-refractivity contribution in [2.24, 2.45) is 0 Å². The number of aryl methyl sites for hydroxylation is 3. The summed E-state index contributed by atoms with van der Waals surface area (Å²) in [6, 6.07) is 39.6. The molecule has 0 saturated heterocycles. The maximum atomic E-state index is 3.06. The van der Waals surface area contributed by atoms with E-state index in [4.69, 9.17) is 0 Å². The average molecular weight is 689 g/mol. The maximum absolute atomic E-state index is 3.06. The Hall–Kier alpha value is -2.22. The van der Waals surface area contributed by atoms with Crippen molar-refractivity contribution in [2.75, 3.05) is 0 Å². The molecule has 6 rings (SSSR count). The van der Waals surface area contributed by atoms with Gasteiger partial charge < -0.3 is 14.9 Å². The van der Waals surface area contributed by atoms with Crippen LogP contribution in [0.4, 0.5) is 0 Å². The molecule has 220 valence electrons. The predicted octanol–water partition coefficient (Wildman–Crippen LogP) is 11.9. The number of benzene rings is 4. The Morgan fingerprint density at radius 2 is 1.19 bits per heavy atom. The molecule has 0 saturated carbocycles. The third-order valence-electron chi connectivity index (χ3n) is 7.07. The fourth-order valence-corrected chi connectivity index (χ4v) is 5.18. The van der Waals surface area contributed by atoms with Gasteiger partial charge in [-0.05, 0) is 36.5 Å². The minimum atomic E-state index is 0. The Kier molecular flexibility index (Phi) is 17.5. The van der Waals surface area contributed by atoms with Crippen LogP contribution in [0.3, 0.4) is 0 Å². The predicted molar refractivity (Wildman–Crippen MR) is 191 cm³/mol. The van der Waals surface area contributed by atoms with Crippen molar-refractivity contribution in [3.63, 3.8) is 0 Å². The summed E-state index contributed by atoms with van der Waals surface area (Å²) in [7, 11) is 0. The number of hydrogen-bond acceptors (Lipinski definition) is 0. The van der Waals surface area contributed by atoms with Crippen LogP contribution >= 0.6 is 24.8 Å². The van der Waals surface area contributed by atoms with Crippen molar-refractivity contribution < 1.29 is 23.3 Å². The summed E-state index contributed by atoms with van der Waals surface area (Å²) in [5.74, 6) is 0.584. The molecule has 0 nitrogen and oxygen atoms in total. The van der Waals surface area contributed by atoms with Gasteiger partial charge in [0.25, 0.3) is 0 Å². The van der Waals surface area contributed by atoms with Crippen LogP contribution in [-0.4, -0.2) is 6.88 Å². The molecule has 4 heteroatoms. The molecule has 6 aromatic rings. The van der Waals surface area contributed by atoms with Crippen molar-refractivity contribution in [2.45, 2.75) is 40.5 Å². The number of fused-ring (bicyclic) bond motifs is 2. The van der Waals surface area contributed by atoms with Crippen LogP contribution in [0.25, 0.3) is 43.8 Å². The van der Waals surface area contributed by atoms with Crippen molar-refractivity contribution >= 4 is 53.2 Å². The average Bonchev–Trinajstić information content (AvgIpc) is 3.54. The van der Waals surface area contributed by atoms with Crippen molar-refractivity contribution in [3.05, 3.63) is 146 Å². The molecule has 0 aliphatic carbocycles. The van der Waals surface area contributed by atoms with Gasteiger partial charge >= 0.3 is 30.2 Å². The molecule has 0 N–H and O–H groups in total. The standard InChI is InChI=1S/2C18H17.2CH3.2ClH.Si.Zr/c1-12-8-15-9-13(2)11-18(17(15)10-12)16-7-5-4-6-14(16)3;1-13(2)16-11-15-9-6-10-17(18(15)12-16)14-7-4-3-5-8-14;;;;;;/h4-11H,1-3H3;3-13H,1-2H3;2*1H3;2*1H;;/q4*-1;;;;. The van der Waals surface area contributed by atoms with Gasteiger partial charge in [0, 0.05) is 0 Å². The molecule has 0 amide bonds. The third-order valence-corrected chi connectivity index (χ3v) is 7.07. The van der Waals surface area contributed by atoms with Crippen LogP contribution in [-0.2, 0) is 23.3 Å². The fourth-order valence-electron chi connectivity index (χ4n) is 5.18. The van der Waals surface area contributed by atoms with Gasteiger partial charge in [0.15, 0.2) is 0 Å². The van der Waals surface area contributed by atoms with Crippen LogP contribution in [0.1, 0.15) is 42.0 Å². The van der Waals surface area contributed by atoms with Crippen LogP contribution in [0.5, 0.6) is 0 Å². The molecule has 0 aliphatic heterocycles. The molecule has 0 unspecified atom stereocenters. The second kappa shape index (κ2) is 18.4. The second-order valence-electron chi connectivity index (χ2n) is 10.3. The van der Waals surface area contributed by atoms with Gasteiger partial charge in [-0.25, -0.2) is 0 Å². The van der Waals surface area contributed by atoms with Gasteiger partial charge in [0.05, 0.1) is 0 Å². The van der Waals surface area contributed by atoms with E-state index >= 15 is 0 Å². The van der Waals surface area contributed by atoms with E-state index in [0.29, 0.717) is 5.92 Å². The summed E-state index contributed by atoms with van der Waals surface area (Å²) in [6.07, 6.45) is 0.